The van der Waals surface area contributed by atoms with Gasteiger partial charge in [-0.15, -0.1) is 0 Å². The minimum Gasteiger partial charge on any atom is -0.481 e. The number of carbonyl (C=O) groups excluding carboxylic acids is 1. The topological polar surface area (TPSA) is 122 Å². The van der Waals surface area contributed by atoms with Crippen LogP contribution in [0.25, 0.3) is 0 Å². The molecule has 1 aliphatic heterocycles. The quantitative estimate of drug-likeness (QED) is 0.704. The number of carbonyl (C=O) groups is 2. The zero-order valence-electron chi connectivity index (χ0n) is 11.2. The fraction of sp³-hybridized carbons (Fsp3) is 0.800. The van der Waals surface area contributed by atoms with E-state index in [4.69, 9.17) is 9.84 Å². The smallest absolute Gasteiger partial charge is 0.422 e. The van der Waals surface area contributed by atoms with E-state index in [9.17, 15) is 18.0 Å². The van der Waals surface area contributed by atoms with Gasteiger partial charge in [-0.25, -0.2) is 9.52 Å². The number of hydrogen-bond donors (Lipinski definition) is 2. The van der Waals surface area contributed by atoms with Crippen LogP contribution in [0, 0.1) is 0 Å². The van der Waals surface area contributed by atoms with Crippen molar-refractivity contribution >= 4 is 22.3 Å². The Morgan fingerprint density at radius 1 is 1.50 bits per heavy atom. The zero-order valence-corrected chi connectivity index (χ0v) is 12.1. The number of carboxylic acid groups (broad SMARTS) is 1. The summed E-state index contributed by atoms with van der Waals surface area (Å²) in [5.41, 5.74) is 0. The largest absolute Gasteiger partial charge is 0.481 e. The molecule has 116 valence electrons. The van der Waals surface area contributed by atoms with Crippen molar-refractivity contribution in [3.8, 4) is 0 Å². The number of hydrogen-bond acceptors (Lipinski definition) is 6. The lowest BCUT2D eigenvalue weighted by molar-refractivity contribution is -0.141. The van der Waals surface area contributed by atoms with E-state index in [2.05, 4.69) is 4.74 Å². The molecule has 1 heterocycles. The number of nitrogens with one attached hydrogen (secondary N) is 1. The molecule has 1 amide bonds. The molecule has 0 saturated carbocycles. The van der Waals surface area contributed by atoms with Crippen LogP contribution in [-0.4, -0.2) is 61.8 Å². The van der Waals surface area contributed by atoms with Crippen molar-refractivity contribution in [1.29, 1.82) is 0 Å². The van der Waals surface area contributed by atoms with Gasteiger partial charge in [-0.05, 0) is 13.8 Å². The van der Waals surface area contributed by atoms with E-state index in [0.717, 1.165) is 4.31 Å². The summed E-state index contributed by atoms with van der Waals surface area (Å²) >= 11 is 0. The molecule has 0 aromatic heterocycles. The van der Waals surface area contributed by atoms with Crippen LogP contribution >= 0.6 is 0 Å². The Morgan fingerprint density at radius 2 is 2.15 bits per heavy atom. The van der Waals surface area contributed by atoms with E-state index in [1.165, 1.54) is 0 Å². The molecule has 2 N–H and O–H groups in total. The Kier molecular flexibility index (Phi) is 5.72. The Bertz CT molecular complexity index is 462. The number of aliphatic carboxylic acids is 1. The molecule has 0 aromatic carbocycles. The summed E-state index contributed by atoms with van der Waals surface area (Å²) in [5.74, 6) is -1.08. The molecule has 1 rings (SSSR count). The number of nitrogens with zero attached hydrogens (tertiary/aromatic N) is 1. The van der Waals surface area contributed by atoms with E-state index in [0.29, 0.717) is 0 Å². The lowest BCUT2D eigenvalue weighted by Crippen LogP contribution is -2.51. The third-order valence-electron chi connectivity index (χ3n) is 2.40. The van der Waals surface area contributed by atoms with Gasteiger partial charge in [0.15, 0.2) is 0 Å². The van der Waals surface area contributed by atoms with Crippen LogP contribution in [0.2, 0.25) is 0 Å². The van der Waals surface area contributed by atoms with Crippen LogP contribution < -0.4 is 4.72 Å². The molecule has 0 spiro atoms. The highest BCUT2D eigenvalue weighted by Gasteiger charge is 2.32. The predicted molar refractivity (Wildman–Crippen MR) is 67.2 cm³/mol. The summed E-state index contributed by atoms with van der Waals surface area (Å²) in [4.78, 5) is 21.9. The Labute approximate surface area is 117 Å². The maximum absolute atomic E-state index is 11.9. The molecular weight excluding hydrogens is 292 g/mol. The molecule has 20 heavy (non-hydrogen) atoms. The first-order valence-electron chi connectivity index (χ1n) is 6.02. The summed E-state index contributed by atoms with van der Waals surface area (Å²) in [6.07, 6.45) is -2.56. The predicted octanol–water partition coefficient (Wildman–Crippen LogP) is -0.459. The first kappa shape index (κ1) is 16.7. The Morgan fingerprint density at radius 3 is 2.70 bits per heavy atom. The first-order valence-corrected chi connectivity index (χ1v) is 7.46. The van der Waals surface area contributed by atoms with Gasteiger partial charge < -0.3 is 14.6 Å². The molecule has 1 atom stereocenters. The summed E-state index contributed by atoms with van der Waals surface area (Å²) in [6.45, 7) is 3.16. The lowest BCUT2D eigenvalue weighted by Gasteiger charge is -2.31. The fourth-order valence-corrected chi connectivity index (χ4v) is 2.70. The number of amides is 1. The maximum atomic E-state index is 11.9. The van der Waals surface area contributed by atoms with Crippen molar-refractivity contribution in [3.05, 3.63) is 0 Å². The van der Waals surface area contributed by atoms with Crippen molar-refractivity contribution in [2.45, 2.75) is 32.5 Å². The molecule has 0 aromatic rings. The summed E-state index contributed by atoms with van der Waals surface area (Å²) in [6, 6.07) is 0. The second-order valence-corrected chi connectivity index (χ2v) is 6.18. The van der Waals surface area contributed by atoms with E-state index in [1.807, 2.05) is 0 Å². The molecule has 0 aliphatic carbocycles. The van der Waals surface area contributed by atoms with Crippen LogP contribution in [0.4, 0.5) is 4.79 Å². The van der Waals surface area contributed by atoms with Crippen molar-refractivity contribution in [3.63, 3.8) is 0 Å². The Balaban J connectivity index is 2.62. The number of morpholine rings is 1. The van der Waals surface area contributed by atoms with Crippen LogP contribution in [0.5, 0.6) is 0 Å². The van der Waals surface area contributed by atoms with E-state index >= 15 is 0 Å². The standard InChI is InChI=1S/C10H18N2O7S/c1-7(2)19-10(15)11-20(16,17)12-3-4-18-8(6-12)5-9(13)14/h7-8H,3-6H2,1-2H3,(H,11,15)(H,13,14). The Hall–Kier alpha value is -1.39. The lowest BCUT2D eigenvalue weighted by atomic mass is 10.2. The van der Waals surface area contributed by atoms with Crippen LogP contribution in [-0.2, 0) is 24.5 Å². The average molecular weight is 310 g/mol. The summed E-state index contributed by atoms with van der Waals surface area (Å²) in [5, 5.41) is 8.66. The van der Waals surface area contributed by atoms with Gasteiger partial charge in [0.05, 0.1) is 25.2 Å². The van der Waals surface area contributed by atoms with Crippen LogP contribution in [0.1, 0.15) is 20.3 Å². The normalized spacial score (nSPS) is 20.6. The molecule has 1 fully saturated rings. The third-order valence-corrected chi connectivity index (χ3v) is 3.83. The number of carboxylic acids is 1. The zero-order chi connectivity index (χ0) is 15.3. The van der Waals surface area contributed by atoms with E-state index < -0.39 is 34.5 Å². The van der Waals surface area contributed by atoms with Gasteiger partial charge in [-0.3, -0.25) is 4.79 Å². The average Bonchev–Trinajstić information content (AvgIpc) is 2.26. The maximum Gasteiger partial charge on any atom is 0.422 e. The minimum absolute atomic E-state index is 0.0421. The van der Waals surface area contributed by atoms with Crippen LogP contribution in [0.3, 0.4) is 0 Å². The van der Waals surface area contributed by atoms with Crippen LogP contribution in [0.15, 0.2) is 0 Å². The van der Waals surface area contributed by atoms with E-state index in [1.54, 1.807) is 18.6 Å². The van der Waals surface area contributed by atoms with Gasteiger partial charge in [0.2, 0.25) is 0 Å². The number of ether oxygens (including phenoxy) is 2. The van der Waals surface area contributed by atoms with Gasteiger partial charge in [0, 0.05) is 13.1 Å². The highest BCUT2D eigenvalue weighted by atomic mass is 32.2. The summed E-state index contributed by atoms with van der Waals surface area (Å²) in [7, 11) is -4.06. The second-order valence-electron chi connectivity index (χ2n) is 4.51. The molecule has 9 nitrogen and oxygen atoms in total. The highest BCUT2D eigenvalue weighted by Crippen LogP contribution is 2.12. The SMILES string of the molecule is CC(C)OC(=O)NS(=O)(=O)N1CCOC(CC(=O)O)C1. The van der Waals surface area contributed by atoms with Crippen molar-refractivity contribution in [2.24, 2.45) is 0 Å². The van der Waals surface area contributed by atoms with Crippen molar-refractivity contribution in [1.82, 2.24) is 9.03 Å². The molecule has 1 saturated heterocycles. The van der Waals surface area contributed by atoms with Crippen molar-refractivity contribution in [2.75, 3.05) is 19.7 Å². The minimum atomic E-state index is -4.06. The first-order chi connectivity index (χ1) is 9.20. The second kappa shape index (κ2) is 6.86. The molecule has 0 bridgehead atoms. The molecule has 0 radical (unpaired) electrons. The van der Waals surface area contributed by atoms with Gasteiger partial charge in [-0.1, -0.05) is 0 Å². The number of rotatable bonds is 5. The van der Waals surface area contributed by atoms with Crippen molar-refractivity contribution < 1.29 is 32.6 Å². The van der Waals surface area contributed by atoms with E-state index in [-0.39, 0.29) is 26.1 Å². The fourth-order valence-electron chi connectivity index (χ4n) is 1.64. The highest BCUT2D eigenvalue weighted by molar-refractivity contribution is 7.87. The molecule has 1 unspecified atom stereocenters. The molecular formula is C10H18N2O7S. The van der Waals surface area contributed by atoms with Gasteiger partial charge in [-0.2, -0.15) is 12.7 Å². The molecule has 1 aliphatic rings. The third kappa shape index (κ3) is 5.31. The van der Waals surface area contributed by atoms with Gasteiger partial charge in [0.1, 0.15) is 0 Å². The summed E-state index contributed by atoms with van der Waals surface area (Å²) < 4.78 is 36.4. The molecule has 10 heteroatoms. The van der Waals surface area contributed by atoms with Gasteiger partial charge in [0.25, 0.3) is 0 Å². The monoisotopic (exact) mass is 310 g/mol. The van der Waals surface area contributed by atoms with Gasteiger partial charge >= 0.3 is 22.3 Å².